The molecule has 0 saturated carbocycles. The zero-order valence-electron chi connectivity index (χ0n) is 11.9. The maximum absolute atomic E-state index is 6.26. The van der Waals surface area contributed by atoms with Gasteiger partial charge in [0, 0.05) is 22.7 Å². The minimum Gasteiger partial charge on any atom is -0.486 e. The lowest BCUT2D eigenvalue weighted by Crippen LogP contribution is -2.41. The van der Waals surface area contributed by atoms with Crippen LogP contribution in [-0.4, -0.2) is 10.6 Å². The second-order valence-electron chi connectivity index (χ2n) is 6.13. The van der Waals surface area contributed by atoms with E-state index in [1.54, 1.807) is 0 Å². The first-order chi connectivity index (χ1) is 8.93. The number of aromatic nitrogens is 1. The smallest absolute Gasteiger partial charge is 0.133 e. The number of hydrogen-bond donors (Lipinski definition) is 0. The van der Waals surface area contributed by atoms with E-state index < -0.39 is 0 Å². The fraction of sp³-hybridized carbons (Fsp3) is 0.353. The molecule has 0 saturated heterocycles. The molecule has 3 rings (SSSR count). The second kappa shape index (κ2) is 3.83. The van der Waals surface area contributed by atoms with Crippen molar-refractivity contribution in [3.63, 3.8) is 0 Å². The molecule has 2 aromatic rings. The number of fused-ring (bicyclic) bond motifs is 1. The zero-order valence-corrected chi connectivity index (χ0v) is 11.9. The minimum atomic E-state index is -0.208. The number of ether oxygens (including phenoxy) is 1. The van der Waals surface area contributed by atoms with Gasteiger partial charge in [-0.25, -0.2) is 0 Å². The van der Waals surface area contributed by atoms with E-state index in [1.165, 1.54) is 5.56 Å². The third-order valence-corrected chi connectivity index (χ3v) is 4.49. The van der Waals surface area contributed by atoms with Crippen LogP contribution in [0.1, 0.15) is 33.3 Å². The van der Waals surface area contributed by atoms with Crippen molar-refractivity contribution in [1.29, 1.82) is 0 Å². The molecule has 0 fully saturated rings. The summed E-state index contributed by atoms with van der Waals surface area (Å²) >= 11 is 0. The lowest BCUT2D eigenvalue weighted by molar-refractivity contribution is 0.0717. The number of rotatable bonds is 1. The fourth-order valence-electron chi connectivity index (χ4n) is 2.57. The molecule has 1 aromatic carbocycles. The topological polar surface area (TPSA) is 22.1 Å². The Balaban J connectivity index is 2.22. The van der Waals surface area contributed by atoms with Gasteiger partial charge in [-0.05, 0) is 32.0 Å². The highest BCUT2D eigenvalue weighted by molar-refractivity contribution is 5.71. The van der Waals surface area contributed by atoms with E-state index in [0.717, 1.165) is 17.0 Å². The summed E-state index contributed by atoms with van der Waals surface area (Å²) in [5.41, 5.74) is 3.10. The van der Waals surface area contributed by atoms with Crippen LogP contribution in [0.4, 0.5) is 0 Å². The van der Waals surface area contributed by atoms with Crippen molar-refractivity contribution in [2.45, 2.75) is 38.7 Å². The first-order valence-electron chi connectivity index (χ1n) is 6.67. The van der Waals surface area contributed by atoms with Gasteiger partial charge in [0.2, 0.25) is 0 Å². The van der Waals surface area contributed by atoms with Crippen LogP contribution in [0.3, 0.4) is 0 Å². The van der Waals surface area contributed by atoms with E-state index in [2.05, 4.69) is 50.9 Å². The molecule has 0 aliphatic carbocycles. The van der Waals surface area contributed by atoms with E-state index >= 15 is 0 Å². The van der Waals surface area contributed by atoms with E-state index in [0.29, 0.717) is 0 Å². The Morgan fingerprint density at radius 2 is 1.74 bits per heavy atom. The monoisotopic (exact) mass is 253 g/mol. The molecule has 1 aromatic heterocycles. The van der Waals surface area contributed by atoms with Crippen LogP contribution >= 0.6 is 0 Å². The molecule has 0 atom stereocenters. The normalized spacial score (nSPS) is 18.7. The summed E-state index contributed by atoms with van der Waals surface area (Å²) in [6.07, 6.45) is 1.82. The van der Waals surface area contributed by atoms with Crippen molar-refractivity contribution in [1.82, 2.24) is 4.98 Å². The predicted molar refractivity (Wildman–Crippen MR) is 77.4 cm³/mol. The van der Waals surface area contributed by atoms with Gasteiger partial charge in [0.1, 0.15) is 11.4 Å². The van der Waals surface area contributed by atoms with Crippen LogP contribution in [0, 0.1) is 0 Å². The third-order valence-electron chi connectivity index (χ3n) is 4.49. The van der Waals surface area contributed by atoms with Crippen LogP contribution in [0.15, 0.2) is 42.6 Å². The average Bonchev–Trinajstić information content (AvgIpc) is 2.57. The number of para-hydroxylation sites is 1. The molecule has 0 unspecified atom stereocenters. The van der Waals surface area contributed by atoms with Crippen LogP contribution in [-0.2, 0) is 5.41 Å². The molecule has 19 heavy (non-hydrogen) atoms. The van der Waals surface area contributed by atoms with Crippen molar-refractivity contribution in [3.8, 4) is 17.0 Å². The Morgan fingerprint density at radius 1 is 0.947 bits per heavy atom. The number of hydrogen-bond acceptors (Lipinski definition) is 2. The second-order valence-corrected chi connectivity index (χ2v) is 6.13. The van der Waals surface area contributed by atoms with Crippen molar-refractivity contribution < 1.29 is 4.74 Å². The maximum atomic E-state index is 6.26. The molecule has 2 heterocycles. The van der Waals surface area contributed by atoms with Gasteiger partial charge in [-0.2, -0.15) is 0 Å². The van der Waals surface area contributed by atoms with Crippen LogP contribution in [0.25, 0.3) is 11.3 Å². The Bertz CT molecular complexity index is 614. The molecule has 0 spiro atoms. The fourth-order valence-corrected chi connectivity index (χ4v) is 2.57. The largest absolute Gasteiger partial charge is 0.486 e. The van der Waals surface area contributed by atoms with Gasteiger partial charge < -0.3 is 4.74 Å². The van der Waals surface area contributed by atoms with E-state index in [-0.39, 0.29) is 11.0 Å². The molecular weight excluding hydrogens is 234 g/mol. The number of nitrogens with zero attached hydrogens (tertiary/aromatic N) is 1. The minimum absolute atomic E-state index is 0.00682. The molecule has 0 radical (unpaired) electrons. The Hall–Kier alpha value is -1.83. The van der Waals surface area contributed by atoms with Crippen molar-refractivity contribution in [2.24, 2.45) is 0 Å². The lowest BCUT2D eigenvalue weighted by Gasteiger charge is -2.33. The summed E-state index contributed by atoms with van der Waals surface area (Å²) in [5.74, 6) is 0.983. The highest BCUT2D eigenvalue weighted by Gasteiger charge is 2.48. The first-order valence-corrected chi connectivity index (χ1v) is 6.67. The van der Waals surface area contributed by atoms with E-state index in [4.69, 9.17) is 4.74 Å². The summed E-state index contributed by atoms with van der Waals surface area (Å²) < 4.78 is 6.26. The molecular formula is C17H19NO. The first kappa shape index (κ1) is 12.2. The zero-order chi connectivity index (χ0) is 13.7. The molecule has 1 aliphatic rings. The summed E-state index contributed by atoms with van der Waals surface area (Å²) in [6, 6.07) is 12.3. The Morgan fingerprint density at radius 3 is 2.42 bits per heavy atom. The highest BCUT2D eigenvalue weighted by Crippen LogP contribution is 2.51. The van der Waals surface area contributed by atoms with E-state index in [1.807, 2.05) is 24.4 Å². The van der Waals surface area contributed by atoms with Gasteiger partial charge in [-0.15, -0.1) is 0 Å². The van der Waals surface area contributed by atoms with Crippen LogP contribution in [0.5, 0.6) is 5.75 Å². The summed E-state index contributed by atoms with van der Waals surface area (Å²) in [5, 5.41) is 0. The summed E-state index contributed by atoms with van der Waals surface area (Å²) in [4.78, 5) is 4.44. The quantitative estimate of drug-likeness (QED) is 0.760. The molecule has 98 valence electrons. The predicted octanol–water partition coefficient (Wildman–Crippen LogP) is 4.20. The van der Waals surface area contributed by atoms with Gasteiger partial charge in [0.05, 0.1) is 5.69 Å². The van der Waals surface area contributed by atoms with Crippen LogP contribution in [0.2, 0.25) is 0 Å². The van der Waals surface area contributed by atoms with Crippen LogP contribution < -0.4 is 4.74 Å². The van der Waals surface area contributed by atoms with E-state index in [9.17, 15) is 0 Å². The average molecular weight is 253 g/mol. The van der Waals surface area contributed by atoms with Gasteiger partial charge in [0.25, 0.3) is 0 Å². The third kappa shape index (κ3) is 1.66. The Kier molecular flexibility index (Phi) is 2.46. The van der Waals surface area contributed by atoms with Gasteiger partial charge in [-0.3, -0.25) is 4.98 Å². The van der Waals surface area contributed by atoms with Gasteiger partial charge >= 0.3 is 0 Å². The van der Waals surface area contributed by atoms with Gasteiger partial charge in [-0.1, -0.05) is 32.0 Å². The lowest BCUT2D eigenvalue weighted by atomic mass is 9.73. The molecule has 0 bridgehead atoms. The maximum Gasteiger partial charge on any atom is 0.133 e. The summed E-state index contributed by atoms with van der Waals surface area (Å²) in [7, 11) is 0. The SMILES string of the molecule is CC1(C)Oc2c(-c3ccccn3)cccc2C1(C)C. The van der Waals surface area contributed by atoms with Crippen molar-refractivity contribution in [3.05, 3.63) is 48.2 Å². The van der Waals surface area contributed by atoms with Gasteiger partial charge in [0.15, 0.2) is 0 Å². The van der Waals surface area contributed by atoms with Crippen molar-refractivity contribution >= 4 is 0 Å². The highest BCUT2D eigenvalue weighted by atomic mass is 16.5. The Labute approximate surface area is 114 Å². The molecule has 2 nitrogen and oxygen atoms in total. The molecule has 0 amide bonds. The van der Waals surface area contributed by atoms with Crippen molar-refractivity contribution in [2.75, 3.05) is 0 Å². The summed E-state index contributed by atoms with van der Waals surface area (Å²) in [6.45, 7) is 8.77. The standard InChI is InChI=1S/C17H19NO/c1-16(2)13-9-7-8-12(14-10-5-6-11-18-14)15(13)19-17(16,3)4/h5-11H,1-4H3. The molecule has 0 N–H and O–H groups in total. The molecule has 2 heteroatoms. The number of pyridine rings is 1. The molecule has 1 aliphatic heterocycles. The number of benzene rings is 1.